The van der Waals surface area contributed by atoms with Crippen molar-refractivity contribution in [1.29, 1.82) is 0 Å². The summed E-state index contributed by atoms with van der Waals surface area (Å²) >= 11 is 0. The van der Waals surface area contributed by atoms with Gasteiger partial charge in [-0.25, -0.2) is 0 Å². The maximum atomic E-state index is 8.52. The van der Waals surface area contributed by atoms with Crippen LogP contribution < -0.4 is 233 Å². The Bertz CT molecular complexity index is 280. The van der Waals surface area contributed by atoms with Crippen LogP contribution >= 0.6 is 0 Å². The zero-order valence-corrected chi connectivity index (χ0v) is 53.2. The van der Waals surface area contributed by atoms with E-state index in [0.29, 0.717) is 0 Å². The minimum atomic E-state index is -3.63. The summed E-state index contributed by atoms with van der Waals surface area (Å²) in [6, 6.07) is 0. The standard InChI is InChI=1S/2Ba.2Ca.5FH.2K.2Na.5O3Si.7H2O.2Ti/c;;;;;;;;;;;;;5*1-4(2)3;;;;;;;;;/h;;;;5*1H;;;;;;;;;;7*1H2;;/q4*+2;;;;;;4*+1;5*-2;;;;;;;;2*+4/p-10. The molecule has 0 bridgehead atoms. The third-order valence-electron chi connectivity index (χ3n) is 0. The molecule has 0 amide bonds. The molecule has 0 radical (unpaired) electrons. The Kier molecular flexibility index (Phi) is 1060. The van der Waals surface area contributed by atoms with Gasteiger partial charge in [-0.2, -0.15) is 0 Å². The van der Waals surface area contributed by atoms with E-state index < -0.39 is 45.9 Å². The molecule has 0 rings (SSSR count). The van der Waals surface area contributed by atoms with E-state index in [1.54, 1.807) is 0 Å². The Morgan fingerprint density at radius 1 is 0.333 bits per heavy atom. The first-order chi connectivity index (χ1) is 8.66. The van der Waals surface area contributed by atoms with Gasteiger partial charge >= 0.3 is 379 Å². The van der Waals surface area contributed by atoms with Gasteiger partial charge in [-0.05, 0) is 0 Å². The first kappa shape index (κ1) is 217. The van der Waals surface area contributed by atoms with Crippen molar-refractivity contribution in [2.45, 2.75) is 0 Å². The van der Waals surface area contributed by atoms with Crippen molar-refractivity contribution in [2.24, 2.45) is 0 Å². The summed E-state index contributed by atoms with van der Waals surface area (Å²) < 4.78 is 42.6. The predicted octanol–water partition coefficient (Wildman–Crippen LogP) is -45.4. The van der Waals surface area contributed by atoms with Crippen molar-refractivity contribution in [1.82, 2.24) is 0 Å². The van der Waals surface area contributed by atoms with Gasteiger partial charge in [-0.1, -0.05) is 0 Å². The van der Waals surface area contributed by atoms with Crippen LogP contribution in [0, 0.1) is 0 Å². The molecule has 216 valence electrons. The van der Waals surface area contributed by atoms with Gasteiger partial charge < -0.3 is 132 Å². The molecule has 0 fully saturated rings. The molecule has 0 saturated heterocycles. The Hall–Kier alpha value is 9.82. The molecule has 0 aromatic carbocycles. The summed E-state index contributed by atoms with van der Waals surface area (Å²) in [5.41, 5.74) is 0. The number of rotatable bonds is 0. The third kappa shape index (κ3) is 1230. The number of halogens is 5. The normalized spacial score (nSPS) is 2.86. The van der Waals surface area contributed by atoms with Gasteiger partial charge in [0.2, 0.25) is 0 Å². The van der Waals surface area contributed by atoms with E-state index in [-0.39, 0.29) is 440 Å². The van der Waals surface area contributed by atoms with E-state index in [1.807, 2.05) is 0 Å². The minimum absolute atomic E-state index is 0. The van der Waals surface area contributed by atoms with Crippen LogP contribution in [0.4, 0.5) is 0 Å². The first-order valence-electron chi connectivity index (χ1n) is 3.06. The van der Waals surface area contributed by atoms with Gasteiger partial charge in [0.05, 0.1) is 0 Å². The molecule has 0 heterocycles. The van der Waals surface area contributed by atoms with Crippen LogP contribution in [0.5, 0.6) is 0 Å². The van der Waals surface area contributed by atoms with Gasteiger partial charge in [0.1, 0.15) is 0 Å². The summed E-state index contributed by atoms with van der Waals surface area (Å²) in [5, 5.41) is 0. The summed E-state index contributed by atoms with van der Waals surface area (Å²) in [7, 11) is -18.1. The predicted molar refractivity (Wildman–Crippen MR) is 72.1 cm³/mol. The van der Waals surface area contributed by atoms with Crippen molar-refractivity contribution in [2.75, 3.05) is 0 Å². The van der Waals surface area contributed by atoms with Crippen molar-refractivity contribution in [3.05, 3.63) is 0 Å². The molecule has 0 aliphatic heterocycles. The third-order valence-corrected chi connectivity index (χ3v) is 0. The topological polar surface area (TPSA) is 529 Å². The second kappa shape index (κ2) is 205. The van der Waals surface area contributed by atoms with E-state index in [0.717, 1.165) is 0 Å². The SMILES string of the molecule is O.O.O=[Si]([O-])[O-].O=[Si]([O-])[O-].O=[Si]([O-])[O-].O=[Si]([O-])[O-].O=[Si]([O-])[O-].[Ba+2].[Ba+2].[Ca+2].[Ca+2].[F-].[F-].[F-].[F-].[F-].[K+].[K+].[Na+].[Na+].[OH-].[OH-].[OH-].[OH-].[OH-].[Ti+4].[Ti+4]. The molecule has 0 atom stereocenters. The summed E-state index contributed by atoms with van der Waals surface area (Å²) in [6.07, 6.45) is 0. The van der Waals surface area contributed by atoms with E-state index >= 15 is 0 Å². The minimum Gasteiger partial charge on any atom is -1.00 e. The largest absolute Gasteiger partial charge is 4.00 e. The second-order valence-corrected chi connectivity index (χ2v) is 3.75. The van der Waals surface area contributed by atoms with Crippen LogP contribution in [0.1, 0.15) is 0 Å². The Labute approximate surface area is 541 Å². The molecule has 9 N–H and O–H groups in total. The van der Waals surface area contributed by atoms with Crippen LogP contribution in [0.15, 0.2) is 0 Å². The summed E-state index contributed by atoms with van der Waals surface area (Å²) in [4.78, 5) is 85.2. The van der Waals surface area contributed by atoms with Crippen molar-refractivity contribution in [3.63, 3.8) is 0 Å². The quantitative estimate of drug-likeness (QED) is 0.160. The summed E-state index contributed by atoms with van der Waals surface area (Å²) in [5.74, 6) is 0. The average molecular weight is 1170 g/mol. The molecular formula is H9Ba2Ca2F5K2Na2O22Si5Ti2. The smallest absolute Gasteiger partial charge is 1.00 e. The first-order valence-corrected chi connectivity index (χ1v) is 9.19. The second-order valence-electron chi connectivity index (χ2n) is 1.25. The van der Waals surface area contributed by atoms with Crippen LogP contribution in [0.25, 0.3) is 0 Å². The maximum Gasteiger partial charge on any atom is 4.00 e. The van der Waals surface area contributed by atoms with Crippen molar-refractivity contribution in [3.8, 4) is 0 Å². The molecule has 42 heavy (non-hydrogen) atoms. The Morgan fingerprint density at radius 2 is 0.333 bits per heavy atom. The molecule has 0 spiro atoms. The van der Waals surface area contributed by atoms with Gasteiger partial charge in [0.15, 0.2) is 0 Å². The van der Waals surface area contributed by atoms with Gasteiger partial charge in [0, 0.05) is 45.9 Å². The van der Waals surface area contributed by atoms with Crippen molar-refractivity contribution >= 4 is 219 Å². The fraction of sp³-hybridized carbons (Fsp3) is 0. The fourth-order valence-corrected chi connectivity index (χ4v) is 0. The van der Waals surface area contributed by atoms with Crippen LogP contribution in [0.3, 0.4) is 0 Å². The van der Waals surface area contributed by atoms with Gasteiger partial charge in [-0.3, -0.25) is 0 Å². The fourth-order valence-electron chi connectivity index (χ4n) is 0. The Balaban J connectivity index is -0.00000000237. The molecule has 42 heteroatoms. The van der Waals surface area contributed by atoms with E-state index in [2.05, 4.69) is 0 Å². The molecule has 0 aromatic heterocycles. The van der Waals surface area contributed by atoms with E-state index in [1.165, 1.54) is 0 Å². The van der Waals surface area contributed by atoms with Gasteiger partial charge in [0.25, 0.3) is 0 Å². The molecule has 0 aromatic rings. The van der Waals surface area contributed by atoms with Crippen LogP contribution in [-0.4, -0.2) is 257 Å². The molecule has 0 unspecified atom stereocenters. The average Bonchev–Trinajstić information content (AvgIpc) is 1.94. The molecule has 0 aliphatic carbocycles. The zero-order chi connectivity index (χ0) is 17.9. The molecule has 0 saturated carbocycles. The number of hydrogen-bond acceptors (Lipinski definition) is 20. The summed E-state index contributed by atoms with van der Waals surface area (Å²) in [6.45, 7) is 0. The number of hydrogen-bond donors (Lipinski definition) is 0. The van der Waals surface area contributed by atoms with E-state index in [4.69, 9.17) is 70.3 Å². The maximum absolute atomic E-state index is 8.52. The van der Waals surface area contributed by atoms with E-state index in [9.17, 15) is 0 Å². The molecular weight excluding hydrogens is 1160 g/mol. The van der Waals surface area contributed by atoms with Crippen LogP contribution in [0.2, 0.25) is 0 Å². The zero-order valence-electron chi connectivity index (χ0n) is 21.6. The monoisotopic (exact) mass is 1170 g/mol. The molecule has 22 nitrogen and oxygen atoms in total. The molecule has 0 aliphatic rings. The van der Waals surface area contributed by atoms with Gasteiger partial charge in [-0.15, -0.1) is 0 Å². The van der Waals surface area contributed by atoms with Crippen LogP contribution in [-0.2, 0) is 65.7 Å². The Morgan fingerprint density at radius 3 is 0.333 bits per heavy atom. The van der Waals surface area contributed by atoms with Crippen molar-refractivity contribution < 1.29 is 337 Å².